The van der Waals surface area contributed by atoms with Gasteiger partial charge >= 0.3 is 0 Å². The second-order valence-electron chi connectivity index (χ2n) is 7.78. The Morgan fingerprint density at radius 3 is 2.56 bits per heavy atom. The molecule has 10 heteroatoms. The standard InChI is InChI=1S/C24H27FN8O/c1-5-18(26)10-20(27)32-21-8-14(3)30-23(33-21)17-9-19(25)22(29-12-17)24(34)31-15(4)16-7-6-13(2)28-11-16/h6-12,15H,5,26H2,1-4H3,(H,31,34)(H2,27,30,32,33)/b18-10-. The van der Waals surface area contributed by atoms with E-state index in [1.807, 2.05) is 26.0 Å². The topological polar surface area (TPSA) is 145 Å². The van der Waals surface area contributed by atoms with Crippen molar-refractivity contribution in [2.24, 2.45) is 16.5 Å². The van der Waals surface area contributed by atoms with Crippen LogP contribution in [0.2, 0.25) is 0 Å². The van der Waals surface area contributed by atoms with Crippen molar-refractivity contribution < 1.29 is 9.18 Å². The van der Waals surface area contributed by atoms with Crippen molar-refractivity contribution in [2.45, 2.75) is 40.2 Å². The number of hydrogen-bond acceptors (Lipinski definition) is 7. The Bertz CT molecular complexity index is 1250. The summed E-state index contributed by atoms with van der Waals surface area (Å²) in [6.45, 7) is 7.31. The third kappa shape index (κ3) is 6.18. The number of amides is 1. The molecule has 3 heterocycles. The van der Waals surface area contributed by atoms with E-state index in [1.54, 1.807) is 32.2 Å². The number of allylic oxidation sites excluding steroid dienone is 1. The van der Waals surface area contributed by atoms with E-state index in [4.69, 9.17) is 11.5 Å². The number of nitrogens with zero attached hydrogens (tertiary/aromatic N) is 5. The summed E-state index contributed by atoms with van der Waals surface area (Å²) in [4.78, 5) is 33.7. The van der Waals surface area contributed by atoms with Crippen molar-refractivity contribution in [3.63, 3.8) is 0 Å². The fourth-order valence-electron chi connectivity index (χ4n) is 3.01. The average Bonchev–Trinajstić information content (AvgIpc) is 2.78. The third-order valence-corrected chi connectivity index (χ3v) is 4.92. The van der Waals surface area contributed by atoms with Gasteiger partial charge in [-0.2, -0.15) is 0 Å². The van der Waals surface area contributed by atoms with Crippen LogP contribution in [0.5, 0.6) is 0 Å². The molecule has 0 saturated heterocycles. The lowest BCUT2D eigenvalue weighted by Crippen LogP contribution is -2.28. The maximum Gasteiger partial charge on any atom is 0.273 e. The van der Waals surface area contributed by atoms with Crippen molar-refractivity contribution in [3.05, 3.63) is 76.9 Å². The van der Waals surface area contributed by atoms with E-state index in [-0.39, 0.29) is 23.4 Å². The van der Waals surface area contributed by atoms with Gasteiger partial charge < -0.3 is 16.8 Å². The number of nitrogens with one attached hydrogen (secondary N) is 1. The molecule has 0 bridgehead atoms. The third-order valence-electron chi connectivity index (χ3n) is 4.92. The first-order valence-electron chi connectivity index (χ1n) is 10.7. The molecule has 0 aromatic carbocycles. The van der Waals surface area contributed by atoms with Gasteiger partial charge in [0.1, 0.15) is 5.84 Å². The van der Waals surface area contributed by atoms with Gasteiger partial charge in [0, 0.05) is 41.1 Å². The predicted molar refractivity (Wildman–Crippen MR) is 129 cm³/mol. The zero-order chi connectivity index (χ0) is 24.8. The Morgan fingerprint density at radius 2 is 1.91 bits per heavy atom. The lowest BCUT2D eigenvalue weighted by molar-refractivity contribution is 0.0930. The lowest BCUT2D eigenvalue weighted by Gasteiger charge is -2.14. The fraction of sp³-hybridized carbons (Fsp3) is 0.250. The van der Waals surface area contributed by atoms with E-state index < -0.39 is 11.7 Å². The molecule has 9 nitrogen and oxygen atoms in total. The molecule has 34 heavy (non-hydrogen) atoms. The van der Waals surface area contributed by atoms with Gasteiger partial charge in [0.15, 0.2) is 23.2 Å². The van der Waals surface area contributed by atoms with Gasteiger partial charge in [-0.1, -0.05) is 13.0 Å². The molecule has 0 aliphatic carbocycles. The number of carbonyl (C=O) groups is 1. The number of pyridine rings is 2. The molecular formula is C24H27FN8O. The smallest absolute Gasteiger partial charge is 0.273 e. The molecule has 1 unspecified atom stereocenters. The predicted octanol–water partition coefficient (Wildman–Crippen LogP) is 3.42. The highest BCUT2D eigenvalue weighted by Gasteiger charge is 2.18. The first-order valence-corrected chi connectivity index (χ1v) is 10.7. The number of carbonyl (C=O) groups excluding carboxylic acids is 1. The molecule has 3 rings (SSSR count). The van der Waals surface area contributed by atoms with Crippen LogP contribution in [0.3, 0.4) is 0 Å². The number of hydrogen-bond donors (Lipinski definition) is 3. The molecule has 176 valence electrons. The van der Waals surface area contributed by atoms with Gasteiger partial charge in [-0.15, -0.1) is 0 Å². The van der Waals surface area contributed by atoms with Crippen molar-refractivity contribution in [2.75, 3.05) is 0 Å². The fourth-order valence-corrected chi connectivity index (χ4v) is 3.01. The second kappa shape index (κ2) is 10.6. The van der Waals surface area contributed by atoms with Gasteiger partial charge in [0.2, 0.25) is 0 Å². The van der Waals surface area contributed by atoms with E-state index in [0.29, 0.717) is 29.2 Å². The molecular weight excluding hydrogens is 435 g/mol. The minimum atomic E-state index is -0.794. The zero-order valence-electron chi connectivity index (χ0n) is 19.5. The summed E-state index contributed by atoms with van der Waals surface area (Å²) in [6, 6.07) is 6.13. The van der Waals surface area contributed by atoms with Crippen LogP contribution >= 0.6 is 0 Å². The number of aryl methyl sites for hydroxylation is 2. The van der Waals surface area contributed by atoms with Gasteiger partial charge in [-0.3, -0.25) is 9.78 Å². The minimum absolute atomic E-state index is 0.192. The zero-order valence-corrected chi connectivity index (χ0v) is 19.5. The van der Waals surface area contributed by atoms with Crippen molar-refractivity contribution in [1.82, 2.24) is 25.3 Å². The van der Waals surface area contributed by atoms with Crippen LogP contribution < -0.4 is 16.8 Å². The first-order chi connectivity index (χ1) is 16.2. The van der Waals surface area contributed by atoms with Gasteiger partial charge in [-0.25, -0.2) is 24.3 Å². The summed E-state index contributed by atoms with van der Waals surface area (Å²) in [5.74, 6) is -0.741. The molecule has 5 N–H and O–H groups in total. The quantitative estimate of drug-likeness (QED) is 0.360. The van der Waals surface area contributed by atoms with Crippen LogP contribution in [0.4, 0.5) is 10.2 Å². The second-order valence-corrected chi connectivity index (χ2v) is 7.78. The molecule has 1 atom stereocenters. The largest absolute Gasteiger partial charge is 0.402 e. The van der Waals surface area contributed by atoms with Crippen molar-refractivity contribution in [1.29, 1.82) is 0 Å². The molecule has 1 amide bonds. The summed E-state index contributed by atoms with van der Waals surface area (Å²) in [6.07, 6.45) is 5.20. The summed E-state index contributed by atoms with van der Waals surface area (Å²) in [5.41, 5.74) is 14.5. The summed E-state index contributed by atoms with van der Waals surface area (Å²) >= 11 is 0. The maximum absolute atomic E-state index is 14.8. The van der Waals surface area contributed by atoms with Crippen molar-refractivity contribution in [3.8, 4) is 11.4 Å². The number of rotatable bonds is 7. The van der Waals surface area contributed by atoms with Gasteiger partial charge in [0.25, 0.3) is 5.91 Å². The highest BCUT2D eigenvalue weighted by atomic mass is 19.1. The number of halogens is 1. The lowest BCUT2D eigenvalue weighted by atomic mass is 10.1. The summed E-state index contributed by atoms with van der Waals surface area (Å²) in [7, 11) is 0. The highest BCUT2D eigenvalue weighted by molar-refractivity contribution is 5.94. The number of aromatic nitrogens is 4. The Hall–Kier alpha value is -4.21. The normalized spacial score (nSPS) is 13.0. The first kappa shape index (κ1) is 24.4. The monoisotopic (exact) mass is 462 g/mol. The van der Waals surface area contributed by atoms with Crippen LogP contribution in [-0.4, -0.2) is 31.7 Å². The Balaban J connectivity index is 1.83. The van der Waals surface area contributed by atoms with Gasteiger partial charge in [0.05, 0.1) is 6.04 Å². The van der Waals surface area contributed by atoms with E-state index in [1.165, 1.54) is 12.3 Å². The molecule has 0 fully saturated rings. The van der Waals surface area contributed by atoms with E-state index in [0.717, 1.165) is 11.3 Å². The highest BCUT2D eigenvalue weighted by Crippen LogP contribution is 2.21. The molecule has 3 aromatic rings. The van der Waals surface area contributed by atoms with Crippen LogP contribution in [0.15, 0.2) is 53.4 Å². The molecule has 0 saturated carbocycles. The Kier molecular flexibility index (Phi) is 7.62. The minimum Gasteiger partial charge on any atom is -0.402 e. The van der Waals surface area contributed by atoms with E-state index in [9.17, 15) is 9.18 Å². The summed E-state index contributed by atoms with van der Waals surface area (Å²) in [5, 5.41) is 2.73. The van der Waals surface area contributed by atoms with E-state index >= 15 is 0 Å². The Labute approximate surface area is 197 Å². The maximum atomic E-state index is 14.8. The number of nitrogens with two attached hydrogens (primary N) is 2. The SMILES string of the molecule is CC/C(N)=C/C(N)=Nc1cc(C)nc(-c2cnc(C(=O)NC(C)c3ccc(C)nc3)c(F)c2)n1. The molecule has 3 aromatic heterocycles. The van der Waals surface area contributed by atoms with Gasteiger partial charge in [-0.05, 0) is 51.0 Å². The van der Waals surface area contributed by atoms with Crippen LogP contribution in [-0.2, 0) is 0 Å². The molecule has 0 aliphatic rings. The number of aliphatic imine (C=N–C) groups is 1. The molecule has 0 radical (unpaired) electrons. The van der Waals surface area contributed by atoms with Crippen LogP contribution in [0, 0.1) is 19.7 Å². The van der Waals surface area contributed by atoms with Crippen LogP contribution in [0.1, 0.15) is 53.7 Å². The molecule has 0 spiro atoms. The summed E-state index contributed by atoms with van der Waals surface area (Å²) < 4.78 is 14.8. The Morgan fingerprint density at radius 1 is 1.15 bits per heavy atom. The van der Waals surface area contributed by atoms with Crippen LogP contribution in [0.25, 0.3) is 11.4 Å². The van der Waals surface area contributed by atoms with E-state index in [2.05, 4.69) is 30.2 Å². The molecule has 0 aliphatic heterocycles. The average molecular weight is 463 g/mol. The van der Waals surface area contributed by atoms with Crippen molar-refractivity contribution >= 4 is 17.6 Å². The number of amidine groups is 1.